The molecule has 0 amide bonds. The third-order valence-corrected chi connectivity index (χ3v) is 4.52. The molecule has 0 rings (SSSR count). The monoisotopic (exact) mass is 484 g/mol. The number of hydrogen-bond donors (Lipinski definition) is 0. The van der Waals surface area contributed by atoms with Crippen molar-refractivity contribution in [2.24, 2.45) is 11.8 Å². The fourth-order valence-corrected chi connectivity index (χ4v) is 3.29. The van der Waals surface area contributed by atoms with Gasteiger partial charge in [0.05, 0.1) is 13.2 Å². The summed E-state index contributed by atoms with van der Waals surface area (Å²) < 4.78 is 26.0. The lowest BCUT2D eigenvalue weighted by atomic mass is 9.72. The molecule has 0 fully saturated rings. The van der Waals surface area contributed by atoms with Crippen LogP contribution < -0.4 is 0 Å². The van der Waals surface area contributed by atoms with Crippen molar-refractivity contribution in [2.45, 2.75) is 79.6 Å². The summed E-state index contributed by atoms with van der Waals surface area (Å²) in [7, 11) is 1.03. The SMILES string of the molecule is COC(=O)C(C(=O)OC(C)C)=C(C(=O)OC(C)(C)C)C(OC(=O)OCC=C=O)(C(C)C)C(C)C. The predicted molar refractivity (Wildman–Crippen MR) is 121 cm³/mol. The molecule has 0 aromatic rings. The van der Waals surface area contributed by atoms with Crippen molar-refractivity contribution in [3.63, 3.8) is 0 Å². The van der Waals surface area contributed by atoms with E-state index in [1.165, 1.54) is 5.94 Å². The molecule has 0 unspecified atom stereocenters. The van der Waals surface area contributed by atoms with Crippen LogP contribution in [0.25, 0.3) is 0 Å². The van der Waals surface area contributed by atoms with Crippen LogP contribution in [0.15, 0.2) is 17.2 Å². The summed E-state index contributed by atoms with van der Waals surface area (Å²) in [6.45, 7) is 14.0. The Balaban J connectivity index is 7.38. The van der Waals surface area contributed by atoms with Gasteiger partial charge in [0.15, 0.2) is 11.2 Å². The van der Waals surface area contributed by atoms with Gasteiger partial charge < -0.3 is 23.7 Å². The first-order valence-electron chi connectivity index (χ1n) is 10.9. The summed E-state index contributed by atoms with van der Waals surface area (Å²) in [5.74, 6) is -3.27. The molecule has 34 heavy (non-hydrogen) atoms. The Bertz CT molecular complexity index is 828. The maximum absolute atomic E-state index is 13.5. The summed E-state index contributed by atoms with van der Waals surface area (Å²) in [5.41, 5.74) is -4.20. The van der Waals surface area contributed by atoms with E-state index in [0.717, 1.165) is 13.2 Å². The molecule has 0 saturated carbocycles. The van der Waals surface area contributed by atoms with E-state index < -0.39 is 71.0 Å². The first-order valence-corrected chi connectivity index (χ1v) is 10.9. The Morgan fingerprint density at radius 3 is 1.76 bits per heavy atom. The van der Waals surface area contributed by atoms with Crippen molar-refractivity contribution < 1.29 is 47.7 Å². The molecule has 0 aromatic carbocycles. The van der Waals surface area contributed by atoms with Crippen LogP contribution >= 0.6 is 0 Å². The molecule has 0 aliphatic heterocycles. The highest BCUT2D eigenvalue weighted by atomic mass is 16.7. The Morgan fingerprint density at radius 1 is 0.853 bits per heavy atom. The maximum atomic E-state index is 13.5. The second-order valence-corrected chi connectivity index (χ2v) is 9.29. The summed E-state index contributed by atoms with van der Waals surface area (Å²) in [6, 6.07) is 0. The van der Waals surface area contributed by atoms with Crippen LogP contribution in [0.2, 0.25) is 0 Å². The smallest absolute Gasteiger partial charge is 0.465 e. The highest BCUT2D eigenvalue weighted by molar-refractivity contribution is 6.19. The van der Waals surface area contributed by atoms with E-state index in [1.54, 1.807) is 62.3 Å². The molecule has 0 aromatic heterocycles. The molecule has 0 spiro atoms. The summed E-state index contributed by atoms with van der Waals surface area (Å²) >= 11 is 0. The van der Waals surface area contributed by atoms with Crippen molar-refractivity contribution in [1.29, 1.82) is 0 Å². The molecule has 0 radical (unpaired) electrons. The lowest BCUT2D eigenvalue weighted by Gasteiger charge is -2.42. The Labute approximate surface area is 200 Å². The van der Waals surface area contributed by atoms with Gasteiger partial charge in [0.1, 0.15) is 23.7 Å². The highest BCUT2D eigenvalue weighted by Crippen LogP contribution is 2.41. The van der Waals surface area contributed by atoms with Crippen LogP contribution in [0, 0.1) is 11.8 Å². The maximum Gasteiger partial charge on any atom is 0.509 e. The molecule has 0 N–H and O–H groups in total. The van der Waals surface area contributed by atoms with Crippen LogP contribution in [0.1, 0.15) is 62.3 Å². The van der Waals surface area contributed by atoms with Crippen molar-refractivity contribution in [3.8, 4) is 0 Å². The van der Waals surface area contributed by atoms with Crippen LogP contribution in [-0.4, -0.2) is 61.0 Å². The zero-order valence-corrected chi connectivity index (χ0v) is 21.6. The number of hydrogen-bond acceptors (Lipinski definition) is 10. The molecule has 0 atom stereocenters. The first-order chi connectivity index (χ1) is 15.5. The average Bonchev–Trinajstić information content (AvgIpc) is 2.67. The molecular formula is C24H36O10. The van der Waals surface area contributed by atoms with Gasteiger partial charge in [-0.3, -0.25) is 0 Å². The molecule has 0 heterocycles. The van der Waals surface area contributed by atoms with E-state index in [1.807, 2.05) is 0 Å². The standard InChI is InChI=1S/C24H36O10/c1-14(2)24(15(3)4,34-22(29)31-13-11-12-25)18(21(28)33-23(7,8)9)17(19(26)30-10)20(27)32-16(5)6/h11,14-16H,13H2,1-10H3. The minimum absolute atomic E-state index is 0.431. The number of esters is 3. The molecular weight excluding hydrogens is 448 g/mol. The Kier molecular flexibility index (Phi) is 11.7. The van der Waals surface area contributed by atoms with Crippen LogP contribution in [0.4, 0.5) is 4.79 Å². The molecule has 0 saturated heterocycles. The average molecular weight is 485 g/mol. The highest BCUT2D eigenvalue weighted by Gasteiger charge is 2.53. The van der Waals surface area contributed by atoms with Crippen molar-refractivity contribution in [2.75, 3.05) is 13.7 Å². The predicted octanol–water partition coefficient (Wildman–Crippen LogP) is 3.34. The van der Waals surface area contributed by atoms with Gasteiger partial charge in [-0.1, -0.05) is 27.7 Å². The van der Waals surface area contributed by atoms with E-state index >= 15 is 0 Å². The van der Waals surface area contributed by atoms with Gasteiger partial charge in [-0.25, -0.2) is 24.0 Å². The minimum atomic E-state index is -1.89. The normalized spacial score (nSPS) is 12.5. The lowest BCUT2D eigenvalue weighted by Crippen LogP contribution is -2.52. The number of rotatable bonds is 10. The topological polar surface area (TPSA) is 132 Å². The Hall–Kier alpha value is -3.13. The first kappa shape index (κ1) is 30.9. The molecule has 10 nitrogen and oxygen atoms in total. The van der Waals surface area contributed by atoms with E-state index in [0.29, 0.717) is 0 Å². The van der Waals surface area contributed by atoms with Crippen LogP contribution in [0.3, 0.4) is 0 Å². The number of methoxy groups -OCH3 is 1. The van der Waals surface area contributed by atoms with Crippen LogP contribution in [-0.2, 0) is 42.9 Å². The minimum Gasteiger partial charge on any atom is -0.465 e. The molecule has 10 heteroatoms. The van der Waals surface area contributed by atoms with Crippen molar-refractivity contribution >= 4 is 30.0 Å². The zero-order valence-electron chi connectivity index (χ0n) is 21.6. The van der Waals surface area contributed by atoms with Gasteiger partial charge in [-0.15, -0.1) is 0 Å². The van der Waals surface area contributed by atoms with E-state index in [2.05, 4.69) is 0 Å². The van der Waals surface area contributed by atoms with Crippen molar-refractivity contribution in [3.05, 3.63) is 17.2 Å². The zero-order chi connectivity index (χ0) is 26.9. The van der Waals surface area contributed by atoms with Gasteiger partial charge in [0, 0.05) is 6.08 Å². The quantitative estimate of drug-likeness (QED) is 0.114. The van der Waals surface area contributed by atoms with E-state index in [-0.39, 0.29) is 0 Å². The van der Waals surface area contributed by atoms with E-state index in [4.69, 9.17) is 23.7 Å². The third kappa shape index (κ3) is 8.33. The van der Waals surface area contributed by atoms with Gasteiger partial charge in [-0.2, -0.15) is 0 Å². The van der Waals surface area contributed by atoms with Crippen LogP contribution in [0.5, 0.6) is 0 Å². The number of ether oxygens (including phenoxy) is 5. The fraction of sp³-hybridized carbons (Fsp3) is 0.667. The second kappa shape index (κ2) is 12.9. The van der Waals surface area contributed by atoms with Crippen molar-refractivity contribution in [1.82, 2.24) is 0 Å². The van der Waals surface area contributed by atoms with Gasteiger partial charge in [-0.05, 0) is 46.5 Å². The summed E-state index contributed by atoms with van der Waals surface area (Å²) in [6.07, 6.45) is -0.963. The number of carbonyl (C=O) groups is 4. The second-order valence-electron chi connectivity index (χ2n) is 9.29. The van der Waals surface area contributed by atoms with E-state index in [9.17, 15) is 24.0 Å². The Morgan fingerprint density at radius 2 is 1.38 bits per heavy atom. The molecule has 0 aliphatic rings. The fourth-order valence-electron chi connectivity index (χ4n) is 3.29. The lowest BCUT2D eigenvalue weighted by molar-refractivity contribution is -0.159. The van der Waals surface area contributed by atoms with Gasteiger partial charge >= 0.3 is 24.1 Å². The molecule has 192 valence electrons. The summed E-state index contributed by atoms with van der Waals surface area (Å²) in [5, 5.41) is 0. The van der Waals surface area contributed by atoms with Gasteiger partial charge in [0.25, 0.3) is 0 Å². The van der Waals surface area contributed by atoms with Gasteiger partial charge in [0.2, 0.25) is 0 Å². The summed E-state index contributed by atoms with van der Waals surface area (Å²) in [4.78, 5) is 62.4. The molecule has 0 aliphatic carbocycles. The molecule has 0 bridgehead atoms. The number of carbonyl (C=O) groups excluding carboxylic acids is 5. The largest absolute Gasteiger partial charge is 0.509 e. The third-order valence-electron chi connectivity index (χ3n) is 4.52.